The summed E-state index contributed by atoms with van der Waals surface area (Å²) in [5, 5.41) is 6.29. The maximum Gasteiger partial charge on any atom is 0.221 e. The van der Waals surface area contributed by atoms with Gasteiger partial charge in [-0.15, -0.1) is 0 Å². The van der Waals surface area contributed by atoms with Crippen molar-refractivity contribution < 1.29 is 9.18 Å². The minimum absolute atomic E-state index is 0.104. The average molecular weight is 310 g/mol. The van der Waals surface area contributed by atoms with Crippen molar-refractivity contribution in [3.63, 3.8) is 0 Å². The summed E-state index contributed by atoms with van der Waals surface area (Å²) in [4.78, 5) is 19.5. The molecule has 0 bridgehead atoms. The molecule has 2 aromatic carbocycles. The van der Waals surface area contributed by atoms with E-state index in [0.717, 1.165) is 11.3 Å². The van der Waals surface area contributed by atoms with Crippen LogP contribution in [0.15, 0.2) is 42.7 Å². The molecular formula is C17H15FN4O. The van der Waals surface area contributed by atoms with Crippen molar-refractivity contribution in [1.82, 2.24) is 9.97 Å². The Labute approximate surface area is 132 Å². The van der Waals surface area contributed by atoms with E-state index in [9.17, 15) is 9.18 Å². The summed E-state index contributed by atoms with van der Waals surface area (Å²) in [6, 6.07) is 10.6. The standard InChI is InChI=1S/C17H15FN4O/c1-10-4-3-5-12(6-10)22-17-13-7-16(21-11(2)23)14(18)8-15(13)19-9-20-17/h3-9H,1-2H3,(H,21,23)(H,19,20,22). The second-order valence-corrected chi connectivity index (χ2v) is 5.25. The van der Waals surface area contributed by atoms with Crippen molar-refractivity contribution in [3.05, 3.63) is 54.1 Å². The first-order chi connectivity index (χ1) is 11.0. The first kappa shape index (κ1) is 14.9. The van der Waals surface area contributed by atoms with Gasteiger partial charge in [-0.1, -0.05) is 12.1 Å². The molecule has 23 heavy (non-hydrogen) atoms. The molecule has 3 aromatic rings. The van der Waals surface area contributed by atoms with Crippen LogP contribution in [0.2, 0.25) is 0 Å². The first-order valence-electron chi connectivity index (χ1n) is 7.08. The topological polar surface area (TPSA) is 66.9 Å². The summed E-state index contributed by atoms with van der Waals surface area (Å²) >= 11 is 0. The molecule has 1 aromatic heterocycles. The Morgan fingerprint density at radius 2 is 2.00 bits per heavy atom. The minimum atomic E-state index is -0.534. The number of aryl methyl sites for hydroxylation is 1. The van der Waals surface area contributed by atoms with E-state index in [4.69, 9.17) is 0 Å². The average Bonchev–Trinajstić information content (AvgIpc) is 2.48. The van der Waals surface area contributed by atoms with Crippen LogP contribution in [0.25, 0.3) is 10.9 Å². The van der Waals surface area contributed by atoms with Gasteiger partial charge in [-0.05, 0) is 30.7 Å². The molecule has 0 saturated carbocycles. The number of carbonyl (C=O) groups is 1. The lowest BCUT2D eigenvalue weighted by atomic mass is 10.2. The maximum absolute atomic E-state index is 14.0. The van der Waals surface area contributed by atoms with Crippen LogP contribution in [0.3, 0.4) is 0 Å². The molecule has 5 nitrogen and oxygen atoms in total. The van der Waals surface area contributed by atoms with Gasteiger partial charge in [0.2, 0.25) is 5.91 Å². The number of nitrogens with zero attached hydrogens (tertiary/aromatic N) is 2. The van der Waals surface area contributed by atoms with Crippen molar-refractivity contribution in [1.29, 1.82) is 0 Å². The van der Waals surface area contributed by atoms with Gasteiger partial charge in [-0.2, -0.15) is 0 Å². The van der Waals surface area contributed by atoms with Crippen LogP contribution < -0.4 is 10.6 Å². The molecule has 2 N–H and O–H groups in total. The van der Waals surface area contributed by atoms with E-state index in [2.05, 4.69) is 20.6 Å². The third kappa shape index (κ3) is 3.26. The van der Waals surface area contributed by atoms with Gasteiger partial charge in [-0.3, -0.25) is 4.79 Å². The summed E-state index contributed by atoms with van der Waals surface area (Å²) in [5.74, 6) is -0.326. The number of aromatic nitrogens is 2. The summed E-state index contributed by atoms with van der Waals surface area (Å²) in [5.41, 5.74) is 2.54. The third-order valence-corrected chi connectivity index (χ3v) is 3.32. The summed E-state index contributed by atoms with van der Waals surface area (Å²) in [6.07, 6.45) is 1.37. The number of nitrogens with one attached hydrogen (secondary N) is 2. The number of rotatable bonds is 3. The fourth-order valence-corrected chi connectivity index (χ4v) is 2.32. The molecule has 6 heteroatoms. The zero-order valence-corrected chi connectivity index (χ0v) is 12.7. The Kier molecular flexibility index (Phi) is 3.89. The molecule has 0 aliphatic heterocycles. The van der Waals surface area contributed by atoms with E-state index in [1.54, 1.807) is 0 Å². The number of carbonyl (C=O) groups excluding carboxylic acids is 1. The minimum Gasteiger partial charge on any atom is -0.340 e. The Bertz CT molecular complexity index is 895. The zero-order chi connectivity index (χ0) is 16.4. The highest BCUT2D eigenvalue weighted by Crippen LogP contribution is 2.28. The van der Waals surface area contributed by atoms with Gasteiger partial charge in [-0.25, -0.2) is 14.4 Å². The van der Waals surface area contributed by atoms with E-state index < -0.39 is 5.82 Å². The lowest BCUT2D eigenvalue weighted by Gasteiger charge is -2.11. The van der Waals surface area contributed by atoms with Gasteiger partial charge in [0.15, 0.2) is 0 Å². The number of benzene rings is 2. The smallest absolute Gasteiger partial charge is 0.221 e. The maximum atomic E-state index is 14.0. The molecule has 116 valence electrons. The molecular weight excluding hydrogens is 295 g/mol. The monoisotopic (exact) mass is 310 g/mol. The summed E-state index contributed by atoms with van der Waals surface area (Å²) in [7, 11) is 0. The van der Waals surface area contributed by atoms with Crippen LogP contribution in [-0.4, -0.2) is 15.9 Å². The summed E-state index contributed by atoms with van der Waals surface area (Å²) < 4.78 is 14.0. The Morgan fingerprint density at radius 1 is 1.17 bits per heavy atom. The van der Waals surface area contributed by atoms with Gasteiger partial charge in [0, 0.05) is 24.1 Å². The van der Waals surface area contributed by atoms with E-state index >= 15 is 0 Å². The Morgan fingerprint density at radius 3 is 2.74 bits per heavy atom. The quantitative estimate of drug-likeness (QED) is 0.772. The first-order valence-corrected chi connectivity index (χ1v) is 7.08. The predicted octanol–water partition coefficient (Wildman–Crippen LogP) is 3.78. The molecule has 0 aliphatic rings. The molecule has 3 rings (SSSR count). The zero-order valence-electron chi connectivity index (χ0n) is 12.7. The predicted molar refractivity (Wildman–Crippen MR) is 88.3 cm³/mol. The highest BCUT2D eigenvalue weighted by Gasteiger charge is 2.11. The van der Waals surface area contributed by atoms with Crippen molar-refractivity contribution in [2.24, 2.45) is 0 Å². The van der Waals surface area contributed by atoms with Crippen molar-refractivity contribution in [3.8, 4) is 0 Å². The molecule has 1 heterocycles. The lowest BCUT2D eigenvalue weighted by Crippen LogP contribution is -2.08. The number of amides is 1. The molecule has 0 atom stereocenters. The van der Waals surface area contributed by atoms with Gasteiger partial charge < -0.3 is 10.6 Å². The van der Waals surface area contributed by atoms with Gasteiger partial charge in [0.1, 0.15) is 18.0 Å². The molecule has 0 saturated heterocycles. The molecule has 0 fully saturated rings. The van der Waals surface area contributed by atoms with Crippen LogP contribution in [0.1, 0.15) is 12.5 Å². The van der Waals surface area contributed by atoms with E-state index in [0.29, 0.717) is 16.7 Å². The molecule has 0 radical (unpaired) electrons. The van der Waals surface area contributed by atoms with Gasteiger partial charge in [0.05, 0.1) is 11.2 Å². The molecule has 0 unspecified atom stereocenters. The fourth-order valence-electron chi connectivity index (χ4n) is 2.32. The van der Waals surface area contributed by atoms with Crippen LogP contribution in [0.5, 0.6) is 0 Å². The van der Waals surface area contributed by atoms with Gasteiger partial charge >= 0.3 is 0 Å². The number of hydrogen-bond acceptors (Lipinski definition) is 4. The van der Waals surface area contributed by atoms with Crippen LogP contribution in [0, 0.1) is 12.7 Å². The second kappa shape index (κ2) is 6.00. The fraction of sp³-hybridized carbons (Fsp3) is 0.118. The number of halogens is 1. The van der Waals surface area contributed by atoms with Crippen molar-refractivity contribution in [2.45, 2.75) is 13.8 Å². The third-order valence-electron chi connectivity index (χ3n) is 3.32. The highest BCUT2D eigenvalue weighted by molar-refractivity contribution is 5.96. The molecule has 1 amide bonds. The van der Waals surface area contributed by atoms with Gasteiger partial charge in [0.25, 0.3) is 0 Å². The van der Waals surface area contributed by atoms with Crippen molar-refractivity contribution in [2.75, 3.05) is 10.6 Å². The lowest BCUT2D eigenvalue weighted by molar-refractivity contribution is -0.114. The molecule has 0 aliphatic carbocycles. The molecule has 0 spiro atoms. The number of hydrogen-bond donors (Lipinski definition) is 2. The number of anilines is 3. The van der Waals surface area contributed by atoms with Crippen LogP contribution in [-0.2, 0) is 4.79 Å². The normalized spacial score (nSPS) is 10.6. The Balaban J connectivity index is 2.07. The summed E-state index contributed by atoms with van der Waals surface area (Å²) in [6.45, 7) is 3.32. The number of fused-ring (bicyclic) bond motifs is 1. The van der Waals surface area contributed by atoms with E-state index in [1.165, 1.54) is 25.4 Å². The van der Waals surface area contributed by atoms with E-state index in [1.807, 2.05) is 31.2 Å². The Hall–Kier alpha value is -3.02. The van der Waals surface area contributed by atoms with Crippen molar-refractivity contribution >= 4 is 34.0 Å². The van der Waals surface area contributed by atoms with Crippen LogP contribution in [0.4, 0.5) is 21.6 Å². The second-order valence-electron chi connectivity index (χ2n) is 5.25. The largest absolute Gasteiger partial charge is 0.340 e. The SMILES string of the molecule is CC(=O)Nc1cc2c(Nc3cccc(C)c3)ncnc2cc1F. The highest BCUT2D eigenvalue weighted by atomic mass is 19.1. The van der Waals surface area contributed by atoms with Crippen LogP contribution >= 0.6 is 0 Å². The van der Waals surface area contributed by atoms with E-state index in [-0.39, 0.29) is 11.6 Å².